The van der Waals surface area contributed by atoms with Crippen LogP contribution in [0.3, 0.4) is 0 Å². The molecule has 0 aliphatic heterocycles. The van der Waals surface area contributed by atoms with Gasteiger partial charge in [0.25, 0.3) is 0 Å². The Kier molecular flexibility index (Phi) is 2.77. The zero-order valence-corrected chi connectivity index (χ0v) is 8.84. The van der Waals surface area contributed by atoms with Crippen LogP contribution in [-0.2, 0) is 9.53 Å². The van der Waals surface area contributed by atoms with Crippen LogP contribution in [0, 0.1) is 5.92 Å². The third kappa shape index (κ3) is 1.92. The summed E-state index contributed by atoms with van der Waals surface area (Å²) in [7, 11) is 0. The summed E-state index contributed by atoms with van der Waals surface area (Å²) in [5, 5.41) is 3.40. The molecule has 2 rings (SSSR count). The van der Waals surface area contributed by atoms with E-state index in [2.05, 4.69) is 5.32 Å². The number of nitrogens with one attached hydrogen (secondary N) is 1. The first-order valence-corrected chi connectivity index (χ1v) is 5.69. The molecule has 3 heteroatoms. The van der Waals surface area contributed by atoms with Crippen LogP contribution in [0.5, 0.6) is 0 Å². The van der Waals surface area contributed by atoms with Gasteiger partial charge in [-0.3, -0.25) is 4.79 Å². The molecule has 2 aliphatic carbocycles. The number of hydrogen-bond acceptors (Lipinski definition) is 3. The SMILES string of the molecule is CCOC(=O)C1(NCC2CC2)CCC1. The normalized spacial score (nSPS) is 24.1. The quantitative estimate of drug-likeness (QED) is 0.678. The van der Waals surface area contributed by atoms with E-state index >= 15 is 0 Å². The summed E-state index contributed by atoms with van der Waals surface area (Å²) in [5.41, 5.74) is -0.307. The molecule has 0 spiro atoms. The van der Waals surface area contributed by atoms with Crippen molar-refractivity contribution in [2.24, 2.45) is 5.92 Å². The van der Waals surface area contributed by atoms with Gasteiger partial charge in [0.2, 0.25) is 0 Å². The smallest absolute Gasteiger partial charge is 0.326 e. The van der Waals surface area contributed by atoms with Crippen molar-refractivity contribution < 1.29 is 9.53 Å². The van der Waals surface area contributed by atoms with Crippen molar-refractivity contribution in [1.82, 2.24) is 5.32 Å². The predicted octanol–water partition coefficient (Wildman–Crippen LogP) is 1.47. The maximum atomic E-state index is 11.7. The van der Waals surface area contributed by atoms with Gasteiger partial charge in [-0.25, -0.2) is 0 Å². The molecular formula is C11H19NO2. The first-order chi connectivity index (χ1) is 6.77. The van der Waals surface area contributed by atoms with Crippen LogP contribution in [-0.4, -0.2) is 24.7 Å². The largest absolute Gasteiger partial charge is 0.465 e. The van der Waals surface area contributed by atoms with E-state index < -0.39 is 0 Å². The molecule has 14 heavy (non-hydrogen) atoms. The summed E-state index contributed by atoms with van der Waals surface area (Å²) >= 11 is 0. The molecule has 0 aromatic heterocycles. The first kappa shape index (κ1) is 9.97. The molecule has 0 bridgehead atoms. The Morgan fingerprint density at radius 1 is 1.50 bits per heavy atom. The lowest BCUT2D eigenvalue weighted by Crippen LogP contribution is -2.58. The van der Waals surface area contributed by atoms with Crippen LogP contribution in [0.1, 0.15) is 39.0 Å². The van der Waals surface area contributed by atoms with Crippen molar-refractivity contribution >= 4 is 5.97 Å². The molecule has 0 amide bonds. The second-order valence-electron chi connectivity index (χ2n) is 4.48. The number of rotatable bonds is 5. The number of esters is 1. The summed E-state index contributed by atoms with van der Waals surface area (Å²) in [6.07, 6.45) is 5.71. The van der Waals surface area contributed by atoms with Crippen molar-refractivity contribution in [3.63, 3.8) is 0 Å². The average molecular weight is 197 g/mol. The van der Waals surface area contributed by atoms with Crippen LogP contribution in [0.25, 0.3) is 0 Å². The highest BCUT2D eigenvalue weighted by atomic mass is 16.5. The lowest BCUT2D eigenvalue weighted by molar-refractivity contribution is -0.155. The predicted molar refractivity (Wildman–Crippen MR) is 53.9 cm³/mol. The van der Waals surface area contributed by atoms with Gasteiger partial charge in [0.05, 0.1) is 6.61 Å². The Hall–Kier alpha value is -0.570. The number of carbonyl (C=O) groups is 1. The topological polar surface area (TPSA) is 38.3 Å². The minimum Gasteiger partial charge on any atom is -0.465 e. The summed E-state index contributed by atoms with van der Waals surface area (Å²) < 4.78 is 5.10. The average Bonchev–Trinajstić information content (AvgIpc) is 2.86. The molecule has 0 heterocycles. The van der Waals surface area contributed by atoms with Crippen molar-refractivity contribution in [3.8, 4) is 0 Å². The standard InChI is InChI=1S/C11H19NO2/c1-2-14-10(13)11(6-3-7-11)12-8-9-4-5-9/h9,12H,2-8H2,1H3. The molecule has 0 aromatic rings. The molecular weight excluding hydrogens is 178 g/mol. The van der Waals surface area contributed by atoms with Gasteiger partial charge in [0.15, 0.2) is 0 Å². The molecule has 1 N–H and O–H groups in total. The van der Waals surface area contributed by atoms with Crippen LogP contribution in [0.15, 0.2) is 0 Å². The van der Waals surface area contributed by atoms with Gasteiger partial charge in [0, 0.05) is 0 Å². The first-order valence-electron chi connectivity index (χ1n) is 5.69. The van der Waals surface area contributed by atoms with Crippen molar-refractivity contribution in [2.75, 3.05) is 13.2 Å². The third-order valence-electron chi connectivity index (χ3n) is 3.30. The lowest BCUT2D eigenvalue weighted by Gasteiger charge is -2.40. The minimum absolute atomic E-state index is 0.0353. The van der Waals surface area contributed by atoms with Gasteiger partial charge in [-0.1, -0.05) is 0 Å². The second-order valence-corrected chi connectivity index (χ2v) is 4.48. The monoisotopic (exact) mass is 197 g/mol. The van der Waals surface area contributed by atoms with Crippen LogP contribution in [0.2, 0.25) is 0 Å². The number of ether oxygens (including phenoxy) is 1. The molecule has 80 valence electrons. The van der Waals surface area contributed by atoms with E-state index in [1.807, 2.05) is 6.92 Å². The van der Waals surface area contributed by atoms with Crippen LogP contribution in [0.4, 0.5) is 0 Å². The molecule has 0 atom stereocenters. The van der Waals surface area contributed by atoms with Gasteiger partial charge in [-0.05, 0) is 51.5 Å². The Morgan fingerprint density at radius 2 is 2.21 bits per heavy atom. The summed E-state index contributed by atoms with van der Waals surface area (Å²) in [6.45, 7) is 3.36. The van der Waals surface area contributed by atoms with Gasteiger partial charge in [-0.15, -0.1) is 0 Å². The fourth-order valence-corrected chi connectivity index (χ4v) is 1.91. The van der Waals surface area contributed by atoms with E-state index in [0.717, 1.165) is 31.7 Å². The van der Waals surface area contributed by atoms with Crippen LogP contribution < -0.4 is 5.32 Å². The lowest BCUT2D eigenvalue weighted by atomic mass is 9.76. The van der Waals surface area contributed by atoms with Crippen molar-refractivity contribution in [1.29, 1.82) is 0 Å². The van der Waals surface area contributed by atoms with E-state index in [0.29, 0.717) is 6.61 Å². The third-order valence-corrected chi connectivity index (χ3v) is 3.30. The summed E-state index contributed by atoms with van der Waals surface area (Å²) in [4.78, 5) is 11.7. The number of carbonyl (C=O) groups excluding carboxylic acids is 1. The minimum atomic E-state index is -0.307. The van der Waals surface area contributed by atoms with E-state index in [-0.39, 0.29) is 11.5 Å². The Bertz CT molecular complexity index is 219. The molecule has 2 saturated carbocycles. The van der Waals surface area contributed by atoms with E-state index in [1.54, 1.807) is 0 Å². The molecule has 0 radical (unpaired) electrons. The molecule has 2 aliphatic rings. The van der Waals surface area contributed by atoms with Gasteiger partial charge in [0.1, 0.15) is 5.54 Å². The van der Waals surface area contributed by atoms with Crippen molar-refractivity contribution in [3.05, 3.63) is 0 Å². The van der Waals surface area contributed by atoms with E-state index in [1.165, 1.54) is 12.8 Å². The fourth-order valence-electron chi connectivity index (χ4n) is 1.91. The van der Waals surface area contributed by atoms with E-state index in [9.17, 15) is 4.79 Å². The molecule has 0 unspecified atom stereocenters. The molecule has 0 saturated heterocycles. The Morgan fingerprint density at radius 3 is 2.64 bits per heavy atom. The zero-order valence-electron chi connectivity index (χ0n) is 8.84. The van der Waals surface area contributed by atoms with Gasteiger partial charge in [-0.2, -0.15) is 0 Å². The molecule has 2 fully saturated rings. The zero-order chi connectivity index (χ0) is 10.0. The maximum Gasteiger partial charge on any atom is 0.326 e. The summed E-state index contributed by atoms with van der Waals surface area (Å²) in [6, 6.07) is 0. The number of hydrogen-bond donors (Lipinski definition) is 1. The second kappa shape index (κ2) is 3.89. The maximum absolute atomic E-state index is 11.7. The van der Waals surface area contributed by atoms with Gasteiger partial charge < -0.3 is 10.1 Å². The van der Waals surface area contributed by atoms with Crippen molar-refractivity contribution in [2.45, 2.75) is 44.6 Å². The Balaban J connectivity index is 1.83. The summed E-state index contributed by atoms with van der Waals surface area (Å²) in [5.74, 6) is 0.786. The highest BCUT2D eigenvalue weighted by Gasteiger charge is 2.45. The van der Waals surface area contributed by atoms with E-state index in [4.69, 9.17) is 4.74 Å². The molecule has 3 nitrogen and oxygen atoms in total. The molecule has 0 aromatic carbocycles. The highest BCUT2D eigenvalue weighted by Crippen LogP contribution is 2.35. The van der Waals surface area contributed by atoms with Crippen LogP contribution >= 0.6 is 0 Å². The highest BCUT2D eigenvalue weighted by molar-refractivity contribution is 5.82. The van der Waals surface area contributed by atoms with Gasteiger partial charge >= 0.3 is 5.97 Å². The Labute approximate surface area is 85.2 Å². The fraction of sp³-hybridized carbons (Fsp3) is 0.909.